The lowest BCUT2D eigenvalue weighted by atomic mass is 10.1. The van der Waals surface area contributed by atoms with Crippen molar-refractivity contribution in [3.05, 3.63) is 59.8 Å². The molecule has 1 aromatic heterocycles. The van der Waals surface area contributed by atoms with Crippen LogP contribution in [0.2, 0.25) is 0 Å². The van der Waals surface area contributed by atoms with Crippen molar-refractivity contribution < 1.29 is 4.79 Å². The minimum absolute atomic E-state index is 0.104. The summed E-state index contributed by atoms with van der Waals surface area (Å²) >= 11 is 0. The highest BCUT2D eigenvalue weighted by Gasteiger charge is 2.11. The lowest BCUT2D eigenvalue weighted by molar-refractivity contribution is 0.102. The largest absolute Gasteiger partial charge is 0.397 e. The summed E-state index contributed by atoms with van der Waals surface area (Å²) in [7, 11) is 0. The molecule has 1 heterocycles. The molecule has 1 amide bonds. The van der Waals surface area contributed by atoms with E-state index in [-0.39, 0.29) is 11.9 Å². The SMILES string of the molecule is C/C(=N/N=C(N)N)c1ccc(NC(=O)c2cc3cccc(N)c3[nH]2)cc1. The van der Waals surface area contributed by atoms with Crippen molar-refractivity contribution in [3.63, 3.8) is 0 Å². The number of benzene rings is 2. The van der Waals surface area contributed by atoms with E-state index in [4.69, 9.17) is 17.2 Å². The second-order valence-corrected chi connectivity index (χ2v) is 5.74. The van der Waals surface area contributed by atoms with Crippen LogP contribution in [0.1, 0.15) is 23.0 Å². The van der Waals surface area contributed by atoms with E-state index in [0.29, 0.717) is 22.8 Å². The fourth-order valence-electron chi connectivity index (χ4n) is 2.49. The lowest BCUT2D eigenvalue weighted by Gasteiger charge is -2.05. The van der Waals surface area contributed by atoms with Crippen LogP contribution >= 0.6 is 0 Å². The Morgan fingerprint density at radius 3 is 2.46 bits per heavy atom. The Labute approximate surface area is 149 Å². The predicted molar refractivity (Wildman–Crippen MR) is 105 cm³/mol. The molecule has 8 N–H and O–H groups in total. The third kappa shape index (κ3) is 3.64. The van der Waals surface area contributed by atoms with Crippen LogP contribution in [-0.2, 0) is 0 Å². The molecule has 8 heteroatoms. The second-order valence-electron chi connectivity index (χ2n) is 5.74. The highest BCUT2D eigenvalue weighted by atomic mass is 16.1. The number of para-hydroxylation sites is 1. The van der Waals surface area contributed by atoms with Crippen LogP contribution in [0.4, 0.5) is 11.4 Å². The lowest BCUT2D eigenvalue weighted by Crippen LogP contribution is -2.22. The van der Waals surface area contributed by atoms with Gasteiger partial charge in [0.2, 0.25) is 5.96 Å². The monoisotopic (exact) mass is 349 g/mol. The molecule has 0 radical (unpaired) electrons. The van der Waals surface area contributed by atoms with Crippen molar-refractivity contribution >= 4 is 39.9 Å². The Bertz CT molecular complexity index is 1010. The number of hydrogen-bond donors (Lipinski definition) is 5. The van der Waals surface area contributed by atoms with Gasteiger partial charge in [0.15, 0.2) is 0 Å². The molecular formula is C18H19N7O. The number of nitrogens with one attached hydrogen (secondary N) is 2. The van der Waals surface area contributed by atoms with Crippen LogP contribution in [0.5, 0.6) is 0 Å². The first-order valence-electron chi connectivity index (χ1n) is 7.86. The summed E-state index contributed by atoms with van der Waals surface area (Å²) in [6.07, 6.45) is 0. The second kappa shape index (κ2) is 6.98. The zero-order chi connectivity index (χ0) is 18.7. The van der Waals surface area contributed by atoms with E-state index in [1.54, 1.807) is 31.2 Å². The van der Waals surface area contributed by atoms with Crippen molar-refractivity contribution in [1.82, 2.24) is 4.98 Å². The Balaban J connectivity index is 1.76. The third-order valence-electron chi connectivity index (χ3n) is 3.81. The number of carbonyl (C=O) groups excluding carboxylic acids is 1. The molecule has 8 nitrogen and oxygen atoms in total. The van der Waals surface area contributed by atoms with Gasteiger partial charge in [-0.1, -0.05) is 24.3 Å². The smallest absolute Gasteiger partial charge is 0.272 e. The molecule has 0 saturated heterocycles. The number of H-pyrrole nitrogens is 1. The van der Waals surface area contributed by atoms with Crippen LogP contribution < -0.4 is 22.5 Å². The van der Waals surface area contributed by atoms with Crippen LogP contribution in [-0.4, -0.2) is 22.6 Å². The van der Waals surface area contributed by atoms with Crippen LogP contribution in [0.25, 0.3) is 10.9 Å². The molecule has 0 saturated carbocycles. The molecule has 26 heavy (non-hydrogen) atoms. The molecule has 0 aliphatic heterocycles. The molecule has 132 valence electrons. The summed E-state index contributed by atoms with van der Waals surface area (Å²) in [6, 6.07) is 14.5. The van der Waals surface area contributed by atoms with E-state index in [9.17, 15) is 4.79 Å². The Morgan fingerprint density at radius 1 is 1.08 bits per heavy atom. The van der Waals surface area contributed by atoms with Crippen LogP contribution in [0.3, 0.4) is 0 Å². The number of nitrogens with zero attached hydrogens (tertiary/aromatic N) is 2. The number of hydrogen-bond acceptors (Lipinski definition) is 4. The number of carbonyl (C=O) groups is 1. The number of guanidine groups is 1. The van der Waals surface area contributed by atoms with E-state index >= 15 is 0 Å². The Kier molecular flexibility index (Phi) is 4.57. The topological polar surface area (TPSA) is 148 Å². The Morgan fingerprint density at radius 2 is 1.81 bits per heavy atom. The van der Waals surface area contributed by atoms with Gasteiger partial charge in [0.05, 0.1) is 16.9 Å². The zero-order valence-corrected chi connectivity index (χ0v) is 14.2. The van der Waals surface area contributed by atoms with Crippen LogP contribution in [0.15, 0.2) is 58.7 Å². The van der Waals surface area contributed by atoms with E-state index in [1.165, 1.54) is 0 Å². The van der Waals surface area contributed by atoms with Crippen molar-refractivity contribution in [2.24, 2.45) is 21.7 Å². The number of nitrogens with two attached hydrogens (primary N) is 3. The number of amides is 1. The van der Waals surface area contributed by atoms with Crippen molar-refractivity contribution in [3.8, 4) is 0 Å². The van der Waals surface area contributed by atoms with Gasteiger partial charge in [-0.25, -0.2) is 0 Å². The first kappa shape index (κ1) is 17.0. The predicted octanol–water partition coefficient (Wildman–Crippen LogP) is 2.00. The number of aromatic nitrogens is 1. The van der Waals surface area contributed by atoms with Gasteiger partial charge in [0.1, 0.15) is 5.69 Å². The average Bonchev–Trinajstić information content (AvgIpc) is 3.06. The maximum Gasteiger partial charge on any atom is 0.272 e. The summed E-state index contributed by atoms with van der Waals surface area (Å²) in [5.74, 6) is -0.355. The molecule has 0 atom stereocenters. The summed E-state index contributed by atoms with van der Waals surface area (Å²) in [5.41, 5.74) is 20.3. The maximum absolute atomic E-state index is 12.4. The molecule has 0 spiro atoms. The quantitative estimate of drug-likeness (QED) is 0.212. The van der Waals surface area contributed by atoms with Crippen molar-refractivity contribution in [1.29, 1.82) is 0 Å². The molecular weight excluding hydrogens is 330 g/mol. The average molecular weight is 349 g/mol. The first-order valence-corrected chi connectivity index (χ1v) is 7.86. The van der Waals surface area contributed by atoms with Crippen LogP contribution in [0, 0.1) is 0 Å². The molecule has 2 aromatic carbocycles. The van der Waals surface area contributed by atoms with Gasteiger partial charge < -0.3 is 27.5 Å². The third-order valence-corrected chi connectivity index (χ3v) is 3.81. The number of anilines is 2. The molecule has 0 aliphatic carbocycles. The molecule has 0 aliphatic rings. The van der Waals surface area contributed by atoms with E-state index < -0.39 is 0 Å². The highest BCUT2D eigenvalue weighted by molar-refractivity contribution is 6.07. The van der Waals surface area contributed by atoms with Gasteiger partial charge in [0.25, 0.3) is 5.91 Å². The molecule has 3 aromatic rings. The standard InChI is InChI=1S/C18H19N7O/c1-10(24-25-18(20)21)11-5-7-13(8-6-11)22-17(26)15-9-12-3-2-4-14(19)16(12)23-15/h2-9,23H,19H2,1H3,(H,22,26)(H4,20,21,25)/b24-10-. The van der Waals surface area contributed by atoms with Crippen molar-refractivity contribution in [2.75, 3.05) is 11.1 Å². The molecule has 0 bridgehead atoms. The first-order chi connectivity index (χ1) is 12.4. The molecule has 0 unspecified atom stereocenters. The fraction of sp³-hybridized carbons (Fsp3) is 0.0556. The number of fused-ring (bicyclic) bond motifs is 1. The van der Waals surface area contributed by atoms with E-state index in [2.05, 4.69) is 20.5 Å². The van der Waals surface area contributed by atoms with Gasteiger partial charge in [-0.15, -0.1) is 5.10 Å². The number of nitrogen functional groups attached to an aromatic ring is 1. The maximum atomic E-state index is 12.4. The normalized spacial score (nSPS) is 11.3. The fourth-order valence-corrected chi connectivity index (χ4v) is 2.49. The van der Waals surface area contributed by atoms with Gasteiger partial charge in [0, 0.05) is 11.1 Å². The highest BCUT2D eigenvalue weighted by Crippen LogP contribution is 2.22. The summed E-state index contributed by atoms with van der Waals surface area (Å²) < 4.78 is 0. The van der Waals surface area contributed by atoms with E-state index in [0.717, 1.165) is 16.5 Å². The van der Waals surface area contributed by atoms with Gasteiger partial charge in [-0.3, -0.25) is 4.79 Å². The Hall–Kier alpha value is -3.81. The summed E-state index contributed by atoms with van der Waals surface area (Å²) in [6.45, 7) is 1.79. The van der Waals surface area contributed by atoms with Crippen molar-refractivity contribution in [2.45, 2.75) is 6.92 Å². The van der Waals surface area contributed by atoms with Gasteiger partial charge in [-0.05, 0) is 36.8 Å². The molecule has 0 fully saturated rings. The van der Waals surface area contributed by atoms with Gasteiger partial charge in [-0.2, -0.15) is 5.10 Å². The van der Waals surface area contributed by atoms with E-state index in [1.807, 2.05) is 24.3 Å². The number of rotatable bonds is 4. The minimum Gasteiger partial charge on any atom is -0.397 e. The van der Waals surface area contributed by atoms with Gasteiger partial charge >= 0.3 is 0 Å². The zero-order valence-electron chi connectivity index (χ0n) is 14.2. The minimum atomic E-state index is -0.251. The molecule has 3 rings (SSSR count). The summed E-state index contributed by atoms with van der Waals surface area (Å²) in [4.78, 5) is 15.5. The number of aromatic amines is 1. The summed E-state index contributed by atoms with van der Waals surface area (Å²) in [5, 5.41) is 11.3.